The summed E-state index contributed by atoms with van der Waals surface area (Å²) in [5.41, 5.74) is 3.27. The highest BCUT2D eigenvalue weighted by molar-refractivity contribution is 7.22. The van der Waals surface area contributed by atoms with Crippen molar-refractivity contribution < 1.29 is 14.5 Å². The molecule has 1 aliphatic rings. The lowest BCUT2D eigenvalue weighted by Gasteiger charge is -2.27. The van der Waals surface area contributed by atoms with Crippen LogP contribution >= 0.6 is 11.3 Å². The molecule has 1 amide bonds. The molecule has 0 saturated carbocycles. The van der Waals surface area contributed by atoms with Crippen molar-refractivity contribution in [3.05, 3.63) is 63.2 Å². The second-order valence-corrected chi connectivity index (χ2v) is 8.92. The highest BCUT2D eigenvalue weighted by atomic mass is 32.1. The first-order valence-electron chi connectivity index (χ1n) is 10.7. The maximum Gasteiger partial charge on any atom is 0.270 e. The Hall–Kier alpha value is -2.88. The van der Waals surface area contributed by atoms with E-state index < -0.39 is 4.92 Å². The number of non-ortho nitro benzene ring substituents is 1. The summed E-state index contributed by atoms with van der Waals surface area (Å²) in [4.78, 5) is 33.0. The van der Waals surface area contributed by atoms with Crippen LogP contribution in [0.1, 0.15) is 27.9 Å². The van der Waals surface area contributed by atoms with Gasteiger partial charge in [-0.15, -0.1) is 0 Å². The summed E-state index contributed by atoms with van der Waals surface area (Å²) in [6, 6.07) is 9.99. The van der Waals surface area contributed by atoms with Crippen LogP contribution in [0.5, 0.6) is 0 Å². The molecule has 8 nitrogen and oxygen atoms in total. The third-order valence-corrected chi connectivity index (χ3v) is 6.88. The first kappa shape index (κ1) is 22.3. The fourth-order valence-electron chi connectivity index (χ4n) is 3.83. The summed E-state index contributed by atoms with van der Waals surface area (Å²) < 4.78 is 6.47. The minimum Gasteiger partial charge on any atom is -0.379 e. The fraction of sp³-hybridized carbons (Fsp3) is 0.391. The van der Waals surface area contributed by atoms with Gasteiger partial charge in [-0.25, -0.2) is 4.98 Å². The van der Waals surface area contributed by atoms with Gasteiger partial charge in [-0.3, -0.25) is 24.7 Å². The van der Waals surface area contributed by atoms with Gasteiger partial charge in [-0.05, 0) is 37.5 Å². The van der Waals surface area contributed by atoms with E-state index in [2.05, 4.69) is 11.0 Å². The lowest BCUT2D eigenvalue weighted by molar-refractivity contribution is -0.384. The molecule has 0 bridgehead atoms. The Morgan fingerprint density at radius 3 is 2.69 bits per heavy atom. The lowest BCUT2D eigenvalue weighted by Crippen LogP contribution is -2.39. The van der Waals surface area contributed by atoms with E-state index in [4.69, 9.17) is 9.72 Å². The standard InChI is InChI=1S/C23H26N4O4S/c1-16-7-8-17(2)21-20(16)24-23(32-21)26(10-4-9-25-11-13-31-14-12-25)22(28)18-5-3-6-19(15-18)27(29)30/h3,5-8,15H,4,9-14H2,1-2H3. The van der Waals surface area contributed by atoms with Crippen molar-refractivity contribution in [2.24, 2.45) is 0 Å². The summed E-state index contributed by atoms with van der Waals surface area (Å²) in [6.45, 7) is 8.61. The summed E-state index contributed by atoms with van der Waals surface area (Å²) in [6.07, 6.45) is 0.772. The number of nitrogens with zero attached hydrogens (tertiary/aromatic N) is 4. The van der Waals surface area contributed by atoms with E-state index in [0.29, 0.717) is 17.2 Å². The average Bonchev–Trinajstić information content (AvgIpc) is 3.26. The molecule has 2 aromatic carbocycles. The van der Waals surface area contributed by atoms with Crippen LogP contribution in [0.4, 0.5) is 10.8 Å². The molecule has 4 rings (SSSR count). The van der Waals surface area contributed by atoms with Gasteiger partial charge in [-0.2, -0.15) is 0 Å². The number of nitro groups is 1. The van der Waals surface area contributed by atoms with Crippen LogP contribution < -0.4 is 4.90 Å². The first-order chi connectivity index (χ1) is 15.4. The Morgan fingerprint density at radius 1 is 1.22 bits per heavy atom. The van der Waals surface area contributed by atoms with Crippen molar-refractivity contribution in [3.8, 4) is 0 Å². The Morgan fingerprint density at radius 2 is 1.97 bits per heavy atom. The number of anilines is 1. The molecule has 32 heavy (non-hydrogen) atoms. The molecular formula is C23H26N4O4S. The number of amides is 1. The van der Waals surface area contributed by atoms with Gasteiger partial charge in [0.2, 0.25) is 0 Å². The highest BCUT2D eigenvalue weighted by Gasteiger charge is 2.24. The molecule has 0 atom stereocenters. The van der Waals surface area contributed by atoms with Crippen LogP contribution in [-0.4, -0.2) is 60.1 Å². The predicted molar refractivity (Wildman–Crippen MR) is 126 cm³/mol. The predicted octanol–water partition coefficient (Wildman–Crippen LogP) is 4.19. The van der Waals surface area contributed by atoms with E-state index >= 15 is 0 Å². The number of ether oxygens (including phenoxy) is 1. The summed E-state index contributed by atoms with van der Waals surface area (Å²) in [5, 5.41) is 11.8. The van der Waals surface area contributed by atoms with Gasteiger partial charge in [-0.1, -0.05) is 29.5 Å². The van der Waals surface area contributed by atoms with Crippen LogP contribution in [0.2, 0.25) is 0 Å². The van der Waals surface area contributed by atoms with E-state index in [0.717, 1.165) is 60.6 Å². The summed E-state index contributed by atoms with van der Waals surface area (Å²) in [7, 11) is 0. The molecule has 0 N–H and O–H groups in total. The third-order valence-electron chi connectivity index (χ3n) is 5.67. The maximum atomic E-state index is 13.5. The number of hydrogen-bond acceptors (Lipinski definition) is 7. The Bertz CT molecular complexity index is 1100. The summed E-state index contributed by atoms with van der Waals surface area (Å²) >= 11 is 1.49. The van der Waals surface area contributed by atoms with Crippen LogP contribution in [0, 0.1) is 24.0 Å². The first-order valence-corrected chi connectivity index (χ1v) is 11.5. The van der Waals surface area contributed by atoms with Gasteiger partial charge >= 0.3 is 0 Å². The zero-order valence-corrected chi connectivity index (χ0v) is 19.1. The number of aryl methyl sites for hydroxylation is 2. The Balaban J connectivity index is 1.64. The molecule has 1 aliphatic heterocycles. The topological polar surface area (TPSA) is 88.8 Å². The molecule has 1 saturated heterocycles. The molecule has 0 spiro atoms. The van der Waals surface area contributed by atoms with Gasteiger partial charge in [0.25, 0.3) is 11.6 Å². The van der Waals surface area contributed by atoms with E-state index in [1.54, 1.807) is 17.0 Å². The molecule has 9 heteroatoms. The molecule has 1 aromatic heterocycles. The third kappa shape index (κ3) is 4.79. The summed E-state index contributed by atoms with van der Waals surface area (Å²) in [5.74, 6) is -0.273. The van der Waals surface area contributed by atoms with Gasteiger partial charge < -0.3 is 4.74 Å². The van der Waals surface area contributed by atoms with E-state index in [1.165, 1.54) is 23.5 Å². The van der Waals surface area contributed by atoms with Crippen molar-refractivity contribution in [1.82, 2.24) is 9.88 Å². The lowest BCUT2D eigenvalue weighted by atomic mass is 10.1. The number of thiazole rings is 1. The van der Waals surface area contributed by atoms with Crippen LogP contribution in [-0.2, 0) is 4.74 Å². The highest BCUT2D eigenvalue weighted by Crippen LogP contribution is 2.34. The van der Waals surface area contributed by atoms with E-state index in [9.17, 15) is 14.9 Å². The second-order valence-electron chi connectivity index (χ2n) is 7.95. The number of nitro benzene ring substituents is 1. The maximum absolute atomic E-state index is 13.5. The molecule has 0 radical (unpaired) electrons. The van der Waals surface area contributed by atoms with Gasteiger partial charge in [0, 0.05) is 43.9 Å². The molecular weight excluding hydrogens is 428 g/mol. The number of carbonyl (C=O) groups excluding carboxylic acids is 1. The number of hydrogen-bond donors (Lipinski definition) is 0. The number of aromatic nitrogens is 1. The minimum absolute atomic E-state index is 0.0971. The quantitative estimate of drug-likeness (QED) is 0.393. The van der Waals surface area contributed by atoms with Crippen molar-refractivity contribution in [1.29, 1.82) is 0 Å². The van der Waals surface area contributed by atoms with Crippen LogP contribution in [0.25, 0.3) is 10.2 Å². The zero-order valence-electron chi connectivity index (χ0n) is 18.2. The molecule has 168 valence electrons. The number of fused-ring (bicyclic) bond motifs is 1. The molecule has 2 heterocycles. The van der Waals surface area contributed by atoms with Crippen molar-refractivity contribution in [3.63, 3.8) is 0 Å². The van der Waals surface area contributed by atoms with Crippen LogP contribution in [0.15, 0.2) is 36.4 Å². The van der Waals surface area contributed by atoms with Gasteiger partial charge in [0.15, 0.2) is 5.13 Å². The smallest absolute Gasteiger partial charge is 0.270 e. The van der Waals surface area contributed by atoms with E-state index in [-0.39, 0.29) is 11.6 Å². The average molecular weight is 455 g/mol. The SMILES string of the molecule is Cc1ccc(C)c2sc(N(CCCN3CCOCC3)C(=O)c3cccc([N+](=O)[O-])c3)nc12. The largest absolute Gasteiger partial charge is 0.379 e. The van der Waals surface area contributed by atoms with Gasteiger partial charge in [0.1, 0.15) is 0 Å². The number of rotatable bonds is 7. The molecule has 0 unspecified atom stereocenters. The van der Waals surface area contributed by atoms with Crippen molar-refractivity contribution in [2.75, 3.05) is 44.3 Å². The molecule has 3 aromatic rings. The van der Waals surface area contributed by atoms with E-state index in [1.807, 2.05) is 19.9 Å². The monoisotopic (exact) mass is 454 g/mol. The van der Waals surface area contributed by atoms with Crippen molar-refractivity contribution in [2.45, 2.75) is 20.3 Å². The number of carbonyl (C=O) groups is 1. The molecule has 1 fully saturated rings. The fourth-order valence-corrected chi connectivity index (χ4v) is 4.97. The second kappa shape index (κ2) is 9.72. The number of benzene rings is 2. The number of morpholine rings is 1. The van der Waals surface area contributed by atoms with Crippen LogP contribution in [0.3, 0.4) is 0 Å². The Kier molecular flexibility index (Phi) is 6.78. The normalized spacial score (nSPS) is 14.6. The van der Waals surface area contributed by atoms with Gasteiger partial charge in [0.05, 0.1) is 28.4 Å². The minimum atomic E-state index is -0.482. The Labute approximate surface area is 190 Å². The molecule has 0 aliphatic carbocycles. The zero-order chi connectivity index (χ0) is 22.7. The van der Waals surface area contributed by atoms with Crippen molar-refractivity contribution >= 4 is 38.3 Å².